The average Bonchev–Trinajstić information content (AvgIpc) is 3.13. The molecule has 2 heterocycles. The Bertz CT molecular complexity index is 688. The number of benzene rings is 1. The van der Waals surface area contributed by atoms with Crippen molar-refractivity contribution in [1.82, 2.24) is 9.88 Å². The van der Waals surface area contributed by atoms with E-state index in [9.17, 15) is 9.18 Å². The molecule has 2 unspecified atom stereocenters. The summed E-state index contributed by atoms with van der Waals surface area (Å²) >= 11 is 1.39. The molecule has 1 amide bonds. The molecular weight excluding hydrogens is 301 g/mol. The average molecular weight is 319 g/mol. The van der Waals surface area contributed by atoms with Gasteiger partial charge in [-0.15, -0.1) is 11.3 Å². The smallest absolute Gasteiger partial charge is 0.273 e. The van der Waals surface area contributed by atoms with Crippen LogP contribution in [-0.4, -0.2) is 22.3 Å². The van der Waals surface area contributed by atoms with Crippen molar-refractivity contribution in [2.75, 3.05) is 6.54 Å². The van der Waals surface area contributed by atoms with Gasteiger partial charge in [0.1, 0.15) is 16.5 Å². The summed E-state index contributed by atoms with van der Waals surface area (Å²) < 4.78 is 13.5. The lowest BCUT2D eigenvalue weighted by atomic mass is 9.95. The molecule has 0 spiro atoms. The lowest BCUT2D eigenvalue weighted by Crippen LogP contribution is -2.32. The number of likely N-dealkylation sites (tertiary alicyclic amines) is 1. The van der Waals surface area contributed by atoms with Gasteiger partial charge in [0.15, 0.2) is 0 Å². The van der Waals surface area contributed by atoms with E-state index in [2.05, 4.69) is 11.9 Å². The monoisotopic (exact) mass is 319 g/mol. The largest absolute Gasteiger partial charge is 0.330 e. The number of hydrogen-bond acceptors (Lipinski definition) is 4. The van der Waals surface area contributed by atoms with E-state index in [-0.39, 0.29) is 17.8 Å². The molecule has 1 aromatic carbocycles. The normalized spacial score (nSPS) is 21.3. The third-order valence-corrected chi connectivity index (χ3v) is 4.97. The molecule has 0 aliphatic carbocycles. The lowest BCUT2D eigenvalue weighted by molar-refractivity contribution is 0.0715. The minimum atomic E-state index is -0.275. The molecule has 1 fully saturated rings. The Morgan fingerprint density at radius 3 is 3.05 bits per heavy atom. The first-order valence-corrected chi connectivity index (χ1v) is 8.19. The van der Waals surface area contributed by atoms with Gasteiger partial charge in [0, 0.05) is 18.5 Å². The molecule has 116 valence electrons. The Kier molecular flexibility index (Phi) is 4.22. The summed E-state index contributed by atoms with van der Waals surface area (Å²) in [7, 11) is 0. The van der Waals surface area contributed by atoms with Crippen molar-refractivity contribution in [3.63, 3.8) is 0 Å². The third kappa shape index (κ3) is 2.76. The minimum Gasteiger partial charge on any atom is -0.330 e. The van der Waals surface area contributed by atoms with E-state index in [1.165, 1.54) is 23.5 Å². The van der Waals surface area contributed by atoms with Crippen LogP contribution in [0.3, 0.4) is 0 Å². The van der Waals surface area contributed by atoms with Crippen molar-refractivity contribution >= 4 is 17.2 Å². The van der Waals surface area contributed by atoms with E-state index in [1.54, 1.807) is 16.3 Å². The first-order valence-electron chi connectivity index (χ1n) is 7.31. The highest BCUT2D eigenvalue weighted by Crippen LogP contribution is 2.38. The van der Waals surface area contributed by atoms with Crippen LogP contribution in [0.15, 0.2) is 29.6 Å². The number of amides is 1. The summed E-state index contributed by atoms with van der Waals surface area (Å²) in [5.74, 6) is -0.0870. The SMILES string of the molecule is CC1CCN(C(=O)c2csc(CN)n2)C1c1cccc(F)c1. The van der Waals surface area contributed by atoms with Gasteiger partial charge in [-0.3, -0.25) is 4.79 Å². The van der Waals surface area contributed by atoms with Crippen LogP contribution in [-0.2, 0) is 6.54 Å². The topological polar surface area (TPSA) is 59.2 Å². The number of carbonyl (C=O) groups excluding carboxylic acids is 1. The maximum absolute atomic E-state index is 13.5. The molecule has 1 aliphatic rings. The van der Waals surface area contributed by atoms with Crippen molar-refractivity contribution in [3.05, 3.63) is 51.7 Å². The molecular formula is C16H18FN3OS. The van der Waals surface area contributed by atoms with Gasteiger partial charge in [-0.1, -0.05) is 19.1 Å². The van der Waals surface area contributed by atoms with Crippen LogP contribution < -0.4 is 5.73 Å². The summed E-state index contributed by atoms with van der Waals surface area (Å²) in [6, 6.07) is 6.39. The Balaban J connectivity index is 1.90. The third-order valence-electron chi connectivity index (χ3n) is 4.10. The Labute approximate surface area is 132 Å². The second kappa shape index (κ2) is 6.14. The number of nitrogens with two attached hydrogens (primary N) is 1. The number of halogens is 1. The van der Waals surface area contributed by atoms with Crippen LogP contribution in [0.2, 0.25) is 0 Å². The number of thiazole rings is 1. The first-order chi connectivity index (χ1) is 10.6. The van der Waals surface area contributed by atoms with Crippen LogP contribution in [0.25, 0.3) is 0 Å². The van der Waals surface area contributed by atoms with E-state index >= 15 is 0 Å². The quantitative estimate of drug-likeness (QED) is 0.946. The predicted octanol–water partition coefficient (Wildman–Crippen LogP) is 2.96. The van der Waals surface area contributed by atoms with Gasteiger partial charge in [-0.25, -0.2) is 9.37 Å². The number of nitrogens with zero attached hydrogens (tertiary/aromatic N) is 2. The second-order valence-corrected chi connectivity index (χ2v) is 6.54. The molecule has 2 N–H and O–H groups in total. The Morgan fingerprint density at radius 2 is 2.36 bits per heavy atom. The summed E-state index contributed by atoms with van der Waals surface area (Å²) in [5, 5.41) is 2.49. The van der Waals surface area contributed by atoms with Crippen LogP contribution in [0, 0.1) is 11.7 Å². The van der Waals surface area contributed by atoms with Crippen LogP contribution in [0.4, 0.5) is 4.39 Å². The van der Waals surface area contributed by atoms with E-state index < -0.39 is 0 Å². The number of rotatable bonds is 3. The lowest BCUT2D eigenvalue weighted by Gasteiger charge is -2.27. The Morgan fingerprint density at radius 1 is 1.55 bits per heavy atom. The van der Waals surface area contributed by atoms with Crippen molar-refractivity contribution < 1.29 is 9.18 Å². The predicted molar refractivity (Wildman–Crippen MR) is 84.0 cm³/mol. The fourth-order valence-corrected chi connectivity index (χ4v) is 3.67. The highest BCUT2D eigenvalue weighted by Gasteiger charge is 2.36. The summed E-state index contributed by atoms with van der Waals surface area (Å²) in [5.41, 5.74) is 6.83. The molecule has 3 rings (SSSR count). The van der Waals surface area contributed by atoms with Crippen molar-refractivity contribution in [1.29, 1.82) is 0 Å². The summed E-state index contributed by atoms with van der Waals surface area (Å²) in [6.07, 6.45) is 0.904. The van der Waals surface area contributed by atoms with E-state index in [0.29, 0.717) is 24.7 Å². The van der Waals surface area contributed by atoms with E-state index in [1.807, 2.05) is 6.07 Å². The summed E-state index contributed by atoms with van der Waals surface area (Å²) in [6.45, 7) is 3.09. The molecule has 2 aromatic rings. The van der Waals surface area contributed by atoms with Crippen LogP contribution in [0.5, 0.6) is 0 Å². The molecule has 6 heteroatoms. The fourth-order valence-electron chi connectivity index (χ4n) is 3.02. The molecule has 0 radical (unpaired) electrons. The van der Waals surface area contributed by atoms with E-state index in [4.69, 9.17) is 5.73 Å². The van der Waals surface area contributed by atoms with Gasteiger partial charge in [0.25, 0.3) is 5.91 Å². The van der Waals surface area contributed by atoms with Gasteiger partial charge < -0.3 is 10.6 Å². The van der Waals surface area contributed by atoms with Crippen molar-refractivity contribution in [2.45, 2.75) is 25.9 Å². The van der Waals surface area contributed by atoms with Crippen molar-refractivity contribution in [3.8, 4) is 0 Å². The van der Waals surface area contributed by atoms with Gasteiger partial charge >= 0.3 is 0 Å². The second-order valence-electron chi connectivity index (χ2n) is 5.59. The standard InChI is InChI=1S/C16H18FN3OS/c1-10-5-6-20(15(10)11-3-2-4-12(17)7-11)16(21)13-9-22-14(8-18)19-13/h2-4,7,9-10,15H,5-6,8,18H2,1H3. The highest BCUT2D eigenvalue weighted by molar-refractivity contribution is 7.09. The van der Waals surface area contributed by atoms with Crippen LogP contribution >= 0.6 is 11.3 Å². The molecule has 1 aliphatic heterocycles. The van der Waals surface area contributed by atoms with Crippen molar-refractivity contribution in [2.24, 2.45) is 11.7 Å². The zero-order valence-electron chi connectivity index (χ0n) is 12.3. The maximum atomic E-state index is 13.5. The molecule has 0 bridgehead atoms. The zero-order valence-corrected chi connectivity index (χ0v) is 13.1. The van der Waals surface area contributed by atoms with Crippen LogP contribution in [0.1, 0.15) is 40.4 Å². The Hall–Kier alpha value is -1.79. The molecule has 22 heavy (non-hydrogen) atoms. The number of carbonyl (C=O) groups is 1. The zero-order chi connectivity index (χ0) is 15.7. The molecule has 2 atom stereocenters. The summed E-state index contributed by atoms with van der Waals surface area (Å²) in [4.78, 5) is 18.8. The first kappa shape index (κ1) is 15.1. The number of hydrogen-bond donors (Lipinski definition) is 1. The van der Waals surface area contributed by atoms with Gasteiger partial charge in [-0.2, -0.15) is 0 Å². The maximum Gasteiger partial charge on any atom is 0.273 e. The molecule has 0 saturated carbocycles. The number of aromatic nitrogens is 1. The fraction of sp³-hybridized carbons (Fsp3) is 0.375. The van der Waals surface area contributed by atoms with Gasteiger partial charge in [0.2, 0.25) is 0 Å². The molecule has 1 aromatic heterocycles. The highest BCUT2D eigenvalue weighted by atomic mass is 32.1. The van der Waals surface area contributed by atoms with E-state index in [0.717, 1.165) is 17.0 Å². The van der Waals surface area contributed by atoms with Gasteiger partial charge in [-0.05, 0) is 30.0 Å². The minimum absolute atomic E-state index is 0.102. The molecule has 4 nitrogen and oxygen atoms in total. The van der Waals surface area contributed by atoms with Gasteiger partial charge in [0.05, 0.1) is 6.04 Å². The molecule has 1 saturated heterocycles.